The number of hydrogen-bond acceptors (Lipinski definition) is 4. The van der Waals surface area contributed by atoms with Crippen molar-refractivity contribution in [3.63, 3.8) is 0 Å². The van der Waals surface area contributed by atoms with Gasteiger partial charge in [0.1, 0.15) is 6.61 Å². The predicted octanol–water partition coefficient (Wildman–Crippen LogP) is 1.34. The number of aliphatic hydroxyl groups is 1. The van der Waals surface area contributed by atoms with Crippen molar-refractivity contribution in [2.75, 3.05) is 19.7 Å². The SMILES string of the molecule is C[C@@H]1CN(C(=O)c2ccc(C#CCO)s2)C[C@H](C)O1. The molecule has 0 aromatic carbocycles. The van der Waals surface area contributed by atoms with Crippen molar-refractivity contribution in [1.82, 2.24) is 4.90 Å². The number of morpholine rings is 1. The smallest absolute Gasteiger partial charge is 0.264 e. The Morgan fingerprint density at radius 1 is 1.47 bits per heavy atom. The third-order valence-electron chi connectivity index (χ3n) is 2.81. The molecular weight excluding hydrogens is 262 g/mol. The molecule has 1 aromatic rings. The minimum Gasteiger partial charge on any atom is -0.384 e. The Morgan fingerprint density at radius 2 is 2.16 bits per heavy atom. The van der Waals surface area contributed by atoms with Gasteiger partial charge >= 0.3 is 0 Å². The zero-order valence-electron chi connectivity index (χ0n) is 11.0. The minimum absolute atomic E-state index is 0.0315. The second kappa shape index (κ2) is 6.20. The first-order valence-electron chi connectivity index (χ1n) is 6.24. The summed E-state index contributed by atoms with van der Waals surface area (Å²) in [4.78, 5) is 15.7. The second-order valence-electron chi connectivity index (χ2n) is 4.59. The lowest BCUT2D eigenvalue weighted by Gasteiger charge is -2.35. The summed E-state index contributed by atoms with van der Waals surface area (Å²) in [5.74, 6) is 5.43. The van der Waals surface area contributed by atoms with E-state index in [2.05, 4.69) is 11.8 Å². The van der Waals surface area contributed by atoms with E-state index in [1.165, 1.54) is 11.3 Å². The zero-order valence-corrected chi connectivity index (χ0v) is 11.9. The maximum Gasteiger partial charge on any atom is 0.264 e. The second-order valence-corrected chi connectivity index (χ2v) is 5.68. The summed E-state index contributed by atoms with van der Waals surface area (Å²) >= 11 is 1.36. The Hall–Kier alpha value is -1.35. The average molecular weight is 279 g/mol. The van der Waals surface area contributed by atoms with E-state index in [1.54, 1.807) is 6.07 Å². The lowest BCUT2D eigenvalue weighted by molar-refractivity contribution is -0.0585. The van der Waals surface area contributed by atoms with Gasteiger partial charge in [-0.25, -0.2) is 0 Å². The van der Waals surface area contributed by atoms with E-state index in [1.807, 2.05) is 24.8 Å². The minimum atomic E-state index is -0.167. The number of ether oxygens (including phenoxy) is 1. The van der Waals surface area contributed by atoms with Crippen molar-refractivity contribution in [2.45, 2.75) is 26.1 Å². The van der Waals surface area contributed by atoms with Crippen LogP contribution in [-0.4, -0.2) is 47.8 Å². The molecule has 2 atom stereocenters. The van der Waals surface area contributed by atoms with Gasteiger partial charge in [-0.3, -0.25) is 4.79 Å². The maximum atomic E-state index is 12.4. The molecule has 0 radical (unpaired) electrons. The molecule has 0 bridgehead atoms. The van der Waals surface area contributed by atoms with Gasteiger partial charge in [0.2, 0.25) is 0 Å². The molecule has 4 nitrogen and oxygen atoms in total. The molecule has 1 aliphatic rings. The molecule has 102 valence electrons. The van der Waals surface area contributed by atoms with E-state index < -0.39 is 0 Å². The van der Waals surface area contributed by atoms with Crippen molar-refractivity contribution in [2.24, 2.45) is 0 Å². The highest BCUT2D eigenvalue weighted by Crippen LogP contribution is 2.20. The quantitative estimate of drug-likeness (QED) is 0.789. The van der Waals surface area contributed by atoms with Gasteiger partial charge in [0.05, 0.1) is 22.0 Å². The maximum absolute atomic E-state index is 12.4. The first-order chi connectivity index (χ1) is 9.10. The van der Waals surface area contributed by atoms with Crippen LogP contribution in [0.2, 0.25) is 0 Å². The molecule has 1 aromatic heterocycles. The molecule has 19 heavy (non-hydrogen) atoms. The number of carbonyl (C=O) groups excluding carboxylic acids is 1. The molecule has 1 N–H and O–H groups in total. The number of thiophene rings is 1. The van der Waals surface area contributed by atoms with Crippen LogP contribution in [0.5, 0.6) is 0 Å². The van der Waals surface area contributed by atoms with E-state index >= 15 is 0 Å². The van der Waals surface area contributed by atoms with Crippen LogP contribution in [0.3, 0.4) is 0 Å². The van der Waals surface area contributed by atoms with E-state index in [0.717, 1.165) is 4.88 Å². The van der Waals surface area contributed by atoms with Crippen LogP contribution in [0.15, 0.2) is 12.1 Å². The lowest BCUT2D eigenvalue weighted by Crippen LogP contribution is -2.48. The Morgan fingerprint density at radius 3 is 2.79 bits per heavy atom. The highest BCUT2D eigenvalue weighted by Gasteiger charge is 2.27. The summed E-state index contributed by atoms with van der Waals surface area (Å²) in [5, 5.41) is 8.65. The standard InChI is InChI=1S/C14H17NO3S/c1-10-8-15(9-11(2)18-10)14(17)13-6-5-12(19-13)4-3-7-16/h5-6,10-11,16H,7-9H2,1-2H3/t10-,11+. The topological polar surface area (TPSA) is 49.8 Å². The summed E-state index contributed by atoms with van der Waals surface area (Å²) in [6.45, 7) is 5.03. The molecule has 1 saturated heterocycles. The molecule has 0 aliphatic carbocycles. The Balaban J connectivity index is 2.08. The van der Waals surface area contributed by atoms with Gasteiger partial charge in [-0.05, 0) is 26.0 Å². The van der Waals surface area contributed by atoms with Crippen molar-refractivity contribution < 1.29 is 14.6 Å². The normalized spacial score (nSPS) is 22.8. The van der Waals surface area contributed by atoms with Crippen LogP contribution in [0.25, 0.3) is 0 Å². The molecule has 5 heteroatoms. The molecule has 1 aliphatic heterocycles. The molecule has 2 rings (SSSR count). The van der Waals surface area contributed by atoms with Crippen LogP contribution in [0.1, 0.15) is 28.4 Å². The number of nitrogens with zero attached hydrogens (tertiary/aromatic N) is 1. The highest BCUT2D eigenvalue weighted by molar-refractivity contribution is 7.14. The molecular formula is C14H17NO3S. The monoisotopic (exact) mass is 279 g/mol. The highest BCUT2D eigenvalue weighted by atomic mass is 32.1. The van der Waals surface area contributed by atoms with Crippen LogP contribution < -0.4 is 0 Å². The van der Waals surface area contributed by atoms with E-state index in [4.69, 9.17) is 9.84 Å². The third kappa shape index (κ3) is 3.57. The molecule has 1 amide bonds. The van der Waals surface area contributed by atoms with Crippen molar-refractivity contribution in [3.05, 3.63) is 21.9 Å². The van der Waals surface area contributed by atoms with Gasteiger partial charge in [0.15, 0.2) is 0 Å². The number of rotatable bonds is 1. The van der Waals surface area contributed by atoms with Gasteiger partial charge in [-0.1, -0.05) is 11.8 Å². The van der Waals surface area contributed by atoms with Gasteiger partial charge < -0.3 is 14.7 Å². The Kier molecular flexibility index (Phi) is 4.59. The largest absolute Gasteiger partial charge is 0.384 e. The molecule has 0 spiro atoms. The number of hydrogen-bond donors (Lipinski definition) is 1. The van der Waals surface area contributed by atoms with Crippen LogP contribution in [0.4, 0.5) is 0 Å². The molecule has 1 fully saturated rings. The van der Waals surface area contributed by atoms with Crippen LogP contribution in [-0.2, 0) is 4.74 Å². The summed E-state index contributed by atoms with van der Waals surface area (Å²) in [7, 11) is 0. The zero-order chi connectivity index (χ0) is 13.8. The average Bonchev–Trinajstić information content (AvgIpc) is 2.83. The fourth-order valence-corrected chi connectivity index (χ4v) is 2.99. The first kappa shape index (κ1) is 14.1. The van der Waals surface area contributed by atoms with Crippen molar-refractivity contribution in [1.29, 1.82) is 0 Å². The van der Waals surface area contributed by atoms with E-state index in [9.17, 15) is 4.79 Å². The molecule has 0 saturated carbocycles. The number of carbonyl (C=O) groups is 1. The van der Waals surface area contributed by atoms with Gasteiger partial charge in [0, 0.05) is 13.1 Å². The summed E-state index contributed by atoms with van der Waals surface area (Å²) in [6, 6.07) is 3.60. The Labute approximate surface area is 117 Å². The number of aliphatic hydroxyl groups excluding tert-OH is 1. The summed E-state index contributed by atoms with van der Waals surface area (Å²) in [5.41, 5.74) is 0. The van der Waals surface area contributed by atoms with Gasteiger partial charge in [0.25, 0.3) is 5.91 Å². The van der Waals surface area contributed by atoms with E-state index in [-0.39, 0.29) is 24.7 Å². The molecule has 2 heterocycles. The fourth-order valence-electron chi connectivity index (χ4n) is 2.15. The predicted molar refractivity (Wildman–Crippen MR) is 74.2 cm³/mol. The lowest BCUT2D eigenvalue weighted by atomic mass is 10.2. The van der Waals surface area contributed by atoms with Crippen molar-refractivity contribution >= 4 is 17.2 Å². The fraction of sp³-hybridized carbons (Fsp3) is 0.500. The summed E-state index contributed by atoms with van der Waals surface area (Å²) < 4.78 is 5.62. The van der Waals surface area contributed by atoms with Gasteiger partial charge in [-0.2, -0.15) is 0 Å². The van der Waals surface area contributed by atoms with Gasteiger partial charge in [-0.15, -0.1) is 11.3 Å². The van der Waals surface area contributed by atoms with E-state index in [0.29, 0.717) is 18.0 Å². The third-order valence-corrected chi connectivity index (χ3v) is 3.80. The first-order valence-corrected chi connectivity index (χ1v) is 7.06. The summed E-state index contributed by atoms with van der Waals surface area (Å²) in [6.07, 6.45) is 0.141. The molecule has 0 unspecified atom stereocenters. The van der Waals surface area contributed by atoms with Crippen LogP contribution >= 0.6 is 11.3 Å². The number of amides is 1. The Bertz CT molecular complexity index is 504. The van der Waals surface area contributed by atoms with Crippen LogP contribution in [0, 0.1) is 11.8 Å². The van der Waals surface area contributed by atoms with Crippen molar-refractivity contribution in [3.8, 4) is 11.8 Å².